The Bertz CT molecular complexity index is 248. The van der Waals surface area contributed by atoms with Crippen LogP contribution in [0.3, 0.4) is 0 Å². The van der Waals surface area contributed by atoms with Crippen LogP contribution in [0.25, 0.3) is 0 Å². The van der Waals surface area contributed by atoms with Crippen molar-refractivity contribution in [2.45, 2.75) is 58.0 Å². The summed E-state index contributed by atoms with van der Waals surface area (Å²) >= 11 is 0. The highest BCUT2D eigenvalue weighted by Crippen LogP contribution is 2.18. The van der Waals surface area contributed by atoms with Gasteiger partial charge in [0.25, 0.3) is 0 Å². The summed E-state index contributed by atoms with van der Waals surface area (Å²) in [6, 6.07) is 1.48. The first kappa shape index (κ1) is 15.3. The molecule has 2 fully saturated rings. The average molecular weight is 267 g/mol. The second kappa shape index (κ2) is 7.61. The summed E-state index contributed by atoms with van der Waals surface area (Å²) in [7, 11) is 2.25. The Balaban J connectivity index is 1.77. The van der Waals surface area contributed by atoms with Crippen molar-refractivity contribution in [1.29, 1.82) is 0 Å². The van der Waals surface area contributed by atoms with Gasteiger partial charge in [0, 0.05) is 18.6 Å². The number of rotatable bonds is 5. The van der Waals surface area contributed by atoms with Crippen LogP contribution in [-0.2, 0) is 0 Å². The summed E-state index contributed by atoms with van der Waals surface area (Å²) in [6.45, 7) is 11.1. The monoisotopic (exact) mass is 267 g/mol. The molecule has 2 atom stereocenters. The lowest BCUT2D eigenvalue weighted by molar-refractivity contribution is 0.180. The molecule has 0 aromatic rings. The Morgan fingerprint density at radius 2 is 1.74 bits per heavy atom. The average Bonchev–Trinajstić information content (AvgIpc) is 2.80. The first-order valence-corrected chi connectivity index (χ1v) is 8.33. The molecule has 2 heterocycles. The predicted molar refractivity (Wildman–Crippen MR) is 82.6 cm³/mol. The van der Waals surface area contributed by atoms with E-state index in [0.717, 1.165) is 18.0 Å². The summed E-state index contributed by atoms with van der Waals surface area (Å²) in [4.78, 5) is 5.18. The zero-order valence-electron chi connectivity index (χ0n) is 13.2. The van der Waals surface area contributed by atoms with Crippen LogP contribution in [0.1, 0.15) is 46.0 Å². The Morgan fingerprint density at radius 1 is 1.00 bits per heavy atom. The third-order valence-corrected chi connectivity index (χ3v) is 4.95. The van der Waals surface area contributed by atoms with Crippen LogP contribution in [-0.4, -0.2) is 61.7 Å². The SMILES string of the molecule is CC(C)C(CNC1CCCN(C)CC1)N1CCCC1. The summed E-state index contributed by atoms with van der Waals surface area (Å²) in [5.74, 6) is 0.763. The highest BCUT2D eigenvalue weighted by molar-refractivity contribution is 4.83. The van der Waals surface area contributed by atoms with Crippen LogP contribution >= 0.6 is 0 Å². The van der Waals surface area contributed by atoms with Gasteiger partial charge < -0.3 is 10.2 Å². The largest absolute Gasteiger partial charge is 0.312 e. The van der Waals surface area contributed by atoms with E-state index in [1.54, 1.807) is 0 Å². The van der Waals surface area contributed by atoms with E-state index in [2.05, 4.69) is 36.0 Å². The fraction of sp³-hybridized carbons (Fsp3) is 1.00. The smallest absolute Gasteiger partial charge is 0.0243 e. The van der Waals surface area contributed by atoms with Crippen molar-refractivity contribution >= 4 is 0 Å². The Hall–Kier alpha value is -0.120. The van der Waals surface area contributed by atoms with Gasteiger partial charge in [-0.3, -0.25) is 4.90 Å². The Morgan fingerprint density at radius 3 is 2.42 bits per heavy atom. The van der Waals surface area contributed by atoms with Crippen molar-refractivity contribution in [1.82, 2.24) is 15.1 Å². The first-order chi connectivity index (χ1) is 9.16. The Labute approximate surface area is 119 Å². The zero-order valence-corrected chi connectivity index (χ0v) is 13.2. The number of hydrogen-bond donors (Lipinski definition) is 1. The maximum atomic E-state index is 3.87. The van der Waals surface area contributed by atoms with Crippen molar-refractivity contribution in [2.24, 2.45) is 5.92 Å². The van der Waals surface area contributed by atoms with Crippen LogP contribution < -0.4 is 5.32 Å². The standard InChI is InChI=1S/C16H33N3/c1-14(2)16(19-10-4-5-11-19)13-17-15-7-6-9-18(3)12-8-15/h14-17H,4-13H2,1-3H3. The predicted octanol–water partition coefficient (Wildman–Crippen LogP) is 2.18. The molecule has 2 aliphatic heterocycles. The van der Waals surface area contributed by atoms with Gasteiger partial charge in [-0.2, -0.15) is 0 Å². The third-order valence-electron chi connectivity index (χ3n) is 4.95. The van der Waals surface area contributed by atoms with Gasteiger partial charge in [0.2, 0.25) is 0 Å². The van der Waals surface area contributed by atoms with E-state index in [0.29, 0.717) is 0 Å². The lowest BCUT2D eigenvalue weighted by Crippen LogP contribution is -2.46. The second-order valence-electron chi connectivity index (χ2n) is 6.89. The highest BCUT2D eigenvalue weighted by atomic mass is 15.2. The molecule has 0 radical (unpaired) electrons. The van der Waals surface area contributed by atoms with Crippen LogP contribution in [0.4, 0.5) is 0 Å². The zero-order chi connectivity index (χ0) is 13.7. The maximum absolute atomic E-state index is 3.87. The minimum absolute atomic E-state index is 0.739. The lowest BCUT2D eigenvalue weighted by Gasteiger charge is -2.32. The summed E-state index contributed by atoms with van der Waals surface area (Å²) in [5, 5.41) is 3.87. The van der Waals surface area contributed by atoms with Gasteiger partial charge in [-0.25, -0.2) is 0 Å². The number of hydrogen-bond acceptors (Lipinski definition) is 3. The third kappa shape index (κ3) is 4.73. The molecule has 112 valence electrons. The van der Waals surface area contributed by atoms with Gasteiger partial charge in [0.05, 0.1) is 0 Å². The van der Waals surface area contributed by atoms with Crippen molar-refractivity contribution < 1.29 is 0 Å². The maximum Gasteiger partial charge on any atom is 0.0243 e. The van der Waals surface area contributed by atoms with Gasteiger partial charge in [-0.1, -0.05) is 13.8 Å². The normalized spacial score (nSPS) is 28.7. The minimum Gasteiger partial charge on any atom is -0.312 e. The van der Waals surface area contributed by atoms with E-state index in [-0.39, 0.29) is 0 Å². The molecule has 0 spiro atoms. The summed E-state index contributed by atoms with van der Waals surface area (Å²) in [6.07, 6.45) is 6.83. The van der Waals surface area contributed by atoms with Gasteiger partial charge >= 0.3 is 0 Å². The first-order valence-electron chi connectivity index (χ1n) is 8.33. The number of likely N-dealkylation sites (tertiary alicyclic amines) is 2. The second-order valence-corrected chi connectivity index (χ2v) is 6.89. The molecule has 2 rings (SSSR count). The van der Waals surface area contributed by atoms with Crippen LogP contribution in [0.2, 0.25) is 0 Å². The van der Waals surface area contributed by atoms with Crippen LogP contribution in [0.15, 0.2) is 0 Å². The highest BCUT2D eigenvalue weighted by Gasteiger charge is 2.25. The van der Waals surface area contributed by atoms with Gasteiger partial charge in [-0.15, -0.1) is 0 Å². The molecular formula is C16H33N3. The molecule has 0 bridgehead atoms. The molecule has 2 unspecified atom stereocenters. The van der Waals surface area contributed by atoms with Gasteiger partial charge in [0.1, 0.15) is 0 Å². The molecule has 3 nitrogen and oxygen atoms in total. The number of nitrogens with zero attached hydrogens (tertiary/aromatic N) is 2. The lowest BCUT2D eigenvalue weighted by atomic mass is 10.0. The fourth-order valence-electron chi connectivity index (χ4n) is 3.59. The minimum atomic E-state index is 0.739. The topological polar surface area (TPSA) is 18.5 Å². The van der Waals surface area contributed by atoms with Gasteiger partial charge in [0.15, 0.2) is 0 Å². The van der Waals surface area contributed by atoms with E-state index >= 15 is 0 Å². The van der Waals surface area contributed by atoms with E-state index in [4.69, 9.17) is 0 Å². The molecule has 0 aromatic carbocycles. The molecule has 19 heavy (non-hydrogen) atoms. The van der Waals surface area contributed by atoms with Crippen molar-refractivity contribution in [3.05, 3.63) is 0 Å². The van der Waals surface area contributed by atoms with E-state index in [9.17, 15) is 0 Å². The molecule has 3 heteroatoms. The molecule has 0 saturated carbocycles. The molecule has 1 N–H and O–H groups in total. The molecule has 0 aliphatic carbocycles. The number of nitrogens with one attached hydrogen (secondary N) is 1. The van der Waals surface area contributed by atoms with Crippen molar-refractivity contribution in [3.63, 3.8) is 0 Å². The van der Waals surface area contributed by atoms with Crippen LogP contribution in [0, 0.1) is 5.92 Å². The van der Waals surface area contributed by atoms with E-state index in [1.807, 2.05) is 0 Å². The van der Waals surface area contributed by atoms with Crippen molar-refractivity contribution in [3.8, 4) is 0 Å². The quantitative estimate of drug-likeness (QED) is 0.824. The van der Waals surface area contributed by atoms with Crippen molar-refractivity contribution in [2.75, 3.05) is 39.8 Å². The Kier molecular flexibility index (Phi) is 6.11. The van der Waals surface area contributed by atoms with E-state index < -0.39 is 0 Å². The molecule has 2 saturated heterocycles. The molecule has 0 amide bonds. The molecule has 0 aromatic heterocycles. The van der Waals surface area contributed by atoms with Crippen LogP contribution in [0.5, 0.6) is 0 Å². The summed E-state index contributed by atoms with van der Waals surface area (Å²) in [5.41, 5.74) is 0. The molecule has 2 aliphatic rings. The van der Waals surface area contributed by atoms with E-state index in [1.165, 1.54) is 64.8 Å². The van der Waals surface area contributed by atoms with Gasteiger partial charge in [-0.05, 0) is 71.2 Å². The summed E-state index contributed by atoms with van der Waals surface area (Å²) < 4.78 is 0. The molecular weight excluding hydrogens is 234 g/mol. The fourth-order valence-corrected chi connectivity index (χ4v) is 3.59.